The third kappa shape index (κ3) is 4.72. The predicted molar refractivity (Wildman–Crippen MR) is 92.7 cm³/mol. The number of nitrogens with zero attached hydrogens (tertiary/aromatic N) is 2. The van der Waals surface area contributed by atoms with E-state index in [9.17, 15) is 14.7 Å². The quantitative estimate of drug-likeness (QED) is 0.909. The first kappa shape index (κ1) is 17.7. The van der Waals surface area contributed by atoms with Gasteiger partial charge in [-0.05, 0) is 31.2 Å². The molecule has 1 N–H and O–H groups in total. The number of rotatable bonds is 3. The molecule has 6 nitrogen and oxygen atoms in total. The number of hydrogen-bond acceptors (Lipinski definition) is 4. The summed E-state index contributed by atoms with van der Waals surface area (Å²) in [6, 6.07) is 9.60. The van der Waals surface area contributed by atoms with Crippen molar-refractivity contribution in [3.63, 3.8) is 0 Å². The fourth-order valence-corrected chi connectivity index (χ4v) is 3.53. The van der Waals surface area contributed by atoms with Crippen LogP contribution in [0.25, 0.3) is 0 Å². The second-order valence-electron chi connectivity index (χ2n) is 6.88. The van der Waals surface area contributed by atoms with Gasteiger partial charge in [-0.2, -0.15) is 0 Å². The molecule has 2 amide bonds. The summed E-state index contributed by atoms with van der Waals surface area (Å²) < 4.78 is 5.35. The maximum atomic E-state index is 12.6. The molecule has 2 saturated heterocycles. The Bertz CT molecular complexity index is 584. The number of amides is 2. The topological polar surface area (TPSA) is 70.1 Å². The third-order valence-electron chi connectivity index (χ3n) is 5.02. The molecule has 3 rings (SSSR count). The van der Waals surface area contributed by atoms with Gasteiger partial charge in [0.2, 0.25) is 5.91 Å². The highest BCUT2D eigenvalue weighted by Crippen LogP contribution is 2.22. The molecule has 0 aromatic heterocycles. The van der Waals surface area contributed by atoms with E-state index in [1.807, 2.05) is 30.3 Å². The number of aliphatic hydroxyl groups is 1. The van der Waals surface area contributed by atoms with E-state index < -0.39 is 6.10 Å². The molecule has 1 unspecified atom stereocenters. The lowest BCUT2D eigenvalue weighted by Gasteiger charge is -2.36. The maximum absolute atomic E-state index is 12.6. The number of ether oxygens (including phenoxy) is 1. The zero-order valence-corrected chi connectivity index (χ0v) is 14.5. The lowest BCUT2D eigenvalue weighted by molar-refractivity contribution is -0.140. The molecule has 1 aromatic rings. The lowest BCUT2D eigenvalue weighted by atomic mass is 9.94. The van der Waals surface area contributed by atoms with Crippen molar-refractivity contribution >= 4 is 12.0 Å². The number of carbonyl (C=O) groups is 2. The van der Waals surface area contributed by atoms with Crippen molar-refractivity contribution in [2.24, 2.45) is 5.92 Å². The second-order valence-corrected chi connectivity index (χ2v) is 6.88. The molecule has 0 bridgehead atoms. The number of β-amino-alcohol motifs (C(OH)–C–C–N with tert-alkyl or cyclic N) is 1. The second kappa shape index (κ2) is 8.34. The van der Waals surface area contributed by atoms with Crippen LogP contribution in [0.3, 0.4) is 0 Å². The molecule has 2 aliphatic heterocycles. The van der Waals surface area contributed by atoms with Gasteiger partial charge in [0.05, 0.1) is 6.10 Å². The summed E-state index contributed by atoms with van der Waals surface area (Å²) in [5, 5.41) is 9.73. The number of hydrogen-bond donors (Lipinski definition) is 1. The zero-order chi connectivity index (χ0) is 17.6. The highest BCUT2D eigenvalue weighted by molar-refractivity contribution is 5.79. The maximum Gasteiger partial charge on any atom is 0.410 e. The molecule has 25 heavy (non-hydrogen) atoms. The van der Waals surface area contributed by atoms with Crippen LogP contribution in [0.4, 0.5) is 4.79 Å². The predicted octanol–water partition coefficient (Wildman–Crippen LogP) is 2.02. The summed E-state index contributed by atoms with van der Waals surface area (Å²) in [7, 11) is 0. The van der Waals surface area contributed by atoms with Crippen molar-refractivity contribution in [1.29, 1.82) is 0 Å². The summed E-state index contributed by atoms with van der Waals surface area (Å²) in [5.74, 6) is 0.0690. The Morgan fingerprint density at radius 1 is 1.04 bits per heavy atom. The average molecular weight is 346 g/mol. The van der Waals surface area contributed by atoms with Crippen LogP contribution >= 0.6 is 0 Å². The Hall–Kier alpha value is -2.08. The summed E-state index contributed by atoms with van der Waals surface area (Å²) in [4.78, 5) is 28.2. The molecular formula is C19H26N2O4. The van der Waals surface area contributed by atoms with Crippen LogP contribution in [-0.4, -0.2) is 59.2 Å². The van der Waals surface area contributed by atoms with Crippen LogP contribution in [0.1, 0.15) is 31.2 Å². The van der Waals surface area contributed by atoms with Crippen LogP contribution < -0.4 is 0 Å². The lowest BCUT2D eigenvalue weighted by Crippen LogP contribution is -2.48. The number of carbonyl (C=O) groups excluding carboxylic acids is 2. The van der Waals surface area contributed by atoms with Crippen molar-refractivity contribution in [3.8, 4) is 0 Å². The largest absolute Gasteiger partial charge is 0.445 e. The van der Waals surface area contributed by atoms with E-state index in [-0.39, 0.29) is 24.5 Å². The van der Waals surface area contributed by atoms with Gasteiger partial charge < -0.3 is 19.6 Å². The van der Waals surface area contributed by atoms with E-state index >= 15 is 0 Å². The molecule has 0 saturated carbocycles. The van der Waals surface area contributed by atoms with E-state index in [1.54, 1.807) is 9.80 Å². The standard InChI is InChI=1S/C19H26N2O4/c22-17-7-4-10-21(13-17)18(23)16-8-11-20(12-9-16)19(24)25-14-15-5-2-1-3-6-15/h1-3,5-6,16-17,22H,4,7-14H2. The van der Waals surface area contributed by atoms with E-state index in [0.717, 1.165) is 24.9 Å². The average Bonchev–Trinajstić information content (AvgIpc) is 2.66. The molecule has 0 radical (unpaired) electrons. The SMILES string of the molecule is O=C(OCc1ccccc1)N1CCC(C(=O)N2CCCC(O)C2)CC1. The Kier molecular flexibility index (Phi) is 5.91. The van der Waals surface area contributed by atoms with Gasteiger partial charge in [0.15, 0.2) is 0 Å². The fraction of sp³-hybridized carbons (Fsp3) is 0.579. The highest BCUT2D eigenvalue weighted by Gasteiger charge is 2.32. The summed E-state index contributed by atoms with van der Waals surface area (Å²) in [6.07, 6.45) is 2.24. The number of likely N-dealkylation sites (tertiary alicyclic amines) is 2. The van der Waals surface area contributed by atoms with E-state index in [1.165, 1.54) is 0 Å². The van der Waals surface area contributed by atoms with E-state index in [2.05, 4.69) is 0 Å². The van der Waals surface area contributed by atoms with Gasteiger partial charge in [-0.15, -0.1) is 0 Å². The summed E-state index contributed by atoms with van der Waals surface area (Å²) in [5.41, 5.74) is 0.963. The molecule has 1 aromatic carbocycles. The number of benzene rings is 1. The van der Waals surface area contributed by atoms with Gasteiger partial charge in [-0.25, -0.2) is 4.79 Å². The van der Waals surface area contributed by atoms with Crippen molar-refractivity contribution in [1.82, 2.24) is 9.80 Å². The van der Waals surface area contributed by atoms with Crippen LogP contribution in [0, 0.1) is 5.92 Å². The Labute approximate surface area is 148 Å². The molecule has 136 valence electrons. The summed E-state index contributed by atoms with van der Waals surface area (Å²) in [6.45, 7) is 2.53. The Balaban J connectivity index is 1.43. The van der Waals surface area contributed by atoms with Crippen LogP contribution in [0.15, 0.2) is 30.3 Å². The Morgan fingerprint density at radius 3 is 2.44 bits per heavy atom. The van der Waals surface area contributed by atoms with Crippen molar-refractivity contribution in [2.45, 2.75) is 38.4 Å². The molecule has 2 fully saturated rings. The van der Waals surface area contributed by atoms with E-state index in [4.69, 9.17) is 4.74 Å². The molecule has 2 aliphatic rings. The van der Waals surface area contributed by atoms with Gasteiger partial charge in [0, 0.05) is 32.1 Å². The Morgan fingerprint density at radius 2 is 1.76 bits per heavy atom. The first-order valence-corrected chi connectivity index (χ1v) is 9.06. The molecule has 6 heteroatoms. The normalized spacial score (nSPS) is 21.9. The van der Waals surface area contributed by atoms with Crippen molar-refractivity contribution in [2.75, 3.05) is 26.2 Å². The molecule has 0 aliphatic carbocycles. The zero-order valence-electron chi connectivity index (χ0n) is 14.5. The van der Waals surface area contributed by atoms with Gasteiger partial charge in [-0.3, -0.25) is 4.79 Å². The van der Waals surface area contributed by atoms with Crippen molar-refractivity contribution < 1.29 is 19.4 Å². The third-order valence-corrected chi connectivity index (χ3v) is 5.02. The molecule has 0 spiro atoms. The van der Waals surface area contributed by atoms with Crippen LogP contribution in [-0.2, 0) is 16.1 Å². The minimum Gasteiger partial charge on any atom is -0.445 e. The number of piperidine rings is 2. The van der Waals surface area contributed by atoms with Crippen molar-refractivity contribution in [3.05, 3.63) is 35.9 Å². The first-order valence-electron chi connectivity index (χ1n) is 9.06. The van der Waals surface area contributed by atoms with Crippen LogP contribution in [0.5, 0.6) is 0 Å². The molecule has 1 atom stereocenters. The highest BCUT2D eigenvalue weighted by atomic mass is 16.6. The van der Waals surface area contributed by atoms with Gasteiger partial charge in [0.1, 0.15) is 6.61 Å². The summed E-state index contributed by atoms with van der Waals surface area (Å²) >= 11 is 0. The first-order chi connectivity index (χ1) is 12.1. The minimum absolute atomic E-state index is 0.0523. The van der Waals surface area contributed by atoms with Gasteiger partial charge in [0.25, 0.3) is 0 Å². The van der Waals surface area contributed by atoms with Gasteiger partial charge >= 0.3 is 6.09 Å². The van der Waals surface area contributed by atoms with E-state index in [0.29, 0.717) is 32.5 Å². The molecular weight excluding hydrogens is 320 g/mol. The smallest absolute Gasteiger partial charge is 0.410 e. The van der Waals surface area contributed by atoms with Crippen LogP contribution in [0.2, 0.25) is 0 Å². The monoisotopic (exact) mass is 346 g/mol. The fourth-order valence-electron chi connectivity index (χ4n) is 3.53. The number of aliphatic hydroxyl groups excluding tert-OH is 1. The minimum atomic E-state index is -0.397. The van der Waals surface area contributed by atoms with Gasteiger partial charge in [-0.1, -0.05) is 30.3 Å². The molecule has 2 heterocycles.